The first-order chi connectivity index (χ1) is 9.61. The van der Waals surface area contributed by atoms with E-state index in [4.69, 9.17) is 10.5 Å². The third-order valence-corrected chi connectivity index (χ3v) is 3.86. The standard InChI is InChI=1S/C15H23N3O2/c1-17-15(19)13-6-5-11(16)10-14(13)20-9-7-12-4-3-8-18(12)2/h5-6,10,12H,3-4,7-9,16H2,1-2H3,(H,17,19). The number of benzene rings is 1. The maximum Gasteiger partial charge on any atom is 0.254 e. The van der Waals surface area contributed by atoms with Gasteiger partial charge in [-0.3, -0.25) is 4.79 Å². The fourth-order valence-electron chi connectivity index (χ4n) is 2.63. The summed E-state index contributed by atoms with van der Waals surface area (Å²) in [6.07, 6.45) is 3.44. The number of anilines is 1. The molecule has 20 heavy (non-hydrogen) atoms. The molecule has 1 aromatic carbocycles. The van der Waals surface area contributed by atoms with E-state index in [1.54, 1.807) is 25.2 Å². The largest absolute Gasteiger partial charge is 0.493 e. The highest BCUT2D eigenvalue weighted by Crippen LogP contribution is 2.23. The van der Waals surface area contributed by atoms with Gasteiger partial charge in [-0.05, 0) is 45.0 Å². The monoisotopic (exact) mass is 277 g/mol. The van der Waals surface area contributed by atoms with Gasteiger partial charge in [-0.25, -0.2) is 0 Å². The van der Waals surface area contributed by atoms with Crippen molar-refractivity contribution in [2.45, 2.75) is 25.3 Å². The molecule has 1 aromatic rings. The summed E-state index contributed by atoms with van der Waals surface area (Å²) in [5.74, 6) is 0.406. The Morgan fingerprint density at radius 2 is 2.35 bits per heavy atom. The summed E-state index contributed by atoms with van der Waals surface area (Å²) >= 11 is 0. The van der Waals surface area contributed by atoms with Crippen molar-refractivity contribution in [1.29, 1.82) is 0 Å². The Labute approximate surface area is 120 Å². The lowest BCUT2D eigenvalue weighted by molar-refractivity contribution is 0.0958. The highest BCUT2D eigenvalue weighted by Gasteiger charge is 2.20. The first-order valence-electron chi connectivity index (χ1n) is 7.06. The number of rotatable bonds is 5. The molecular formula is C15H23N3O2. The highest BCUT2D eigenvalue weighted by atomic mass is 16.5. The average Bonchev–Trinajstić information content (AvgIpc) is 2.84. The van der Waals surface area contributed by atoms with Crippen molar-refractivity contribution >= 4 is 11.6 Å². The van der Waals surface area contributed by atoms with E-state index in [0.717, 1.165) is 13.0 Å². The molecule has 5 nitrogen and oxygen atoms in total. The number of ether oxygens (including phenoxy) is 1. The molecule has 1 aliphatic rings. The van der Waals surface area contributed by atoms with E-state index in [2.05, 4.69) is 17.3 Å². The highest BCUT2D eigenvalue weighted by molar-refractivity contribution is 5.97. The summed E-state index contributed by atoms with van der Waals surface area (Å²) in [5.41, 5.74) is 6.90. The molecule has 0 spiro atoms. The minimum absolute atomic E-state index is 0.155. The van der Waals surface area contributed by atoms with Gasteiger partial charge in [-0.2, -0.15) is 0 Å². The smallest absolute Gasteiger partial charge is 0.254 e. The molecule has 2 rings (SSSR count). The number of likely N-dealkylation sites (tertiary alicyclic amines) is 1. The molecule has 1 atom stereocenters. The van der Waals surface area contributed by atoms with Crippen LogP contribution in [0.5, 0.6) is 5.75 Å². The SMILES string of the molecule is CNC(=O)c1ccc(N)cc1OCCC1CCCN1C. The Morgan fingerprint density at radius 1 is 1.55 bits per heavy atom. The second-order valence-corrected chi connectivity index (χ2v) is 5.25. The normalized spacial score (nSPS) is 19.0. The maximum atomic E-state index is 11.8. The number of hydrogen-bond donors (Lipinski definition) is 2. The lowest BCUT2D eigenvalue weighted by Crippen LogP contribution is -2.26. The van der Waals surface area contributed by atoms with E-state index in [9.17, 15) is 4.79 Å². The van der Waals surface area contributed by atoms with Crippen molar-refractivity contribution in [2.75, 3.05) is 33.0 Å². The van der Waals surface area contributed by atoms with Crippen molar-refractivity contribution in [1.82, 2.24) is 10.2 Å². The van der Waals surface area contributed by atoms with Crippen LogP contribution in [0.2, 0.25) is 0 Å². The molecule has 0 aromatic heterocycles. The summed E-state index contributed by atoms with van der Waals surface area (Å²) in [5, 5.41) is 2.61. The van der Waals surface area contributed by atoms with Gasteiger partial charge in [0.15, 0.2) is 0 Å². The van der Waals surface area contributed by atoms with Crippen LogP contribution >= 0.6 is 0 Å². The molecule has 3 N–H and O–H groups in total. The summed E-state index contributed by atoms with van der Waals surface area (Å²) in [6, 6.07) is 5.70. The van der Waals surface area contributed by atoms with E-state index < -0.39 is 0 Å². The first-order valence-corrected chi connectivity index (χ1v) is 7.06. The Bertz CT molecular complexity index is 476. The average molecular weight is 277 g/mol. The third kappa shape index (κ3) is 3.42. The molecule has 0 saturated carbocycles. The molecular weight excluding hydrogens is 254 g/mol. The molecule has 1 heterocycles. The number of nitrogens with zero attached hydrogens (tertiary/aromatic N) is 1. The number of nitrogen functional groups attached to an aromatic ring is 1. The van der Waals surface area contributed by atoms with E-state index >= 15 is 0 Å². The molecule has 0 radical (unpaired) electrons. The topological polar surface area (TPSA) is 67.6 Å². The van der Waals surface area contributed by atoms with E-state index in [0.29, 0.717) is 29.6 Å². The Morgan fingerprint density at radius 3 is 3.00 bits per heavy atom. The molecule has 0 aliphatic carbocycles. The number of carbonyl (C=O) groups is 1. The predicted octanol–water partition coefficient (Wildman–Crippen LogP) is 1.49. The molecule has 5 heteroatoms. The lowest BCUT2D eigenvalue weighted by atomic mass is 10.1. The van der Waals surface area contributed by atoms with Crippen LogP contribution in [-0.2, 0) is 0 Å². The maximum absolute atomic E-state index is 11.8. The Hall–Kier alpha value is -1.75. The molecule has 1 fully saturated rings. The van der Waals surface area contributed by atoms with Crippen LogP contribution in [0, 0.1) is 0 Å². The molecule has 110 valence electrons. The minimum atomic E-state index is -0.155. The number of nitrogens with two attached hydrogens (primary N) is 1. The molecule has 1 unspecified atom stereocenters. The summed E-state index contributed by atoms with van der Waals surface area (Å²) in [4.78, 5) is 14.1. The molecule has 1 aliphatic heterocycles. The summed E-state index contributed by atoms with van der Waals surface area (Å²) in [6.45, 7) is 1.76. The van der Waals surface area contributed by atoms with Crippen molar-refractivity contribution in [3.05, 3.63) is 23.8 Å². The predicted molar refractivity (Wildman–Crippen MR) is 80.0 cm³/mol. The van der Waals surface area contributed by atoms with E-state index in [1.165, 1.54) is 12.8 Å². The van der Waals surface area contributed by atoms with Crippen molar-refractivity contribution in [2.24, 2.45) is 0 Å². The van der Waals surface area contributed by atoms with Gasteiger partial charge in [0.1, 0.15) is 5.75 Å². The van der Waals surface area contributed by atoms with Crippen molar-refractivity contribution < 1.29 is 9.53 Å². The van der Waals surface area contributed by atoms with Crippen LogP contribution in [0.4, 0.5) is 5.69 Å². The van der Waals surface area contributed by atoms with Crippen molar-refractivity contribution in [3.8, 4) is 5.75 Å². The van der Waals surface area contributed by atoms with Crippen molar-refractivity contribution in [3.63, 3.8) is 0 Å². The lowest BCUT2D eigenvalue weighted by Gasteiger charge is -2.19. The Balaban J connectivity index is 1.97. The van der Waals surface area contributed by atoms with Gasteiger partial charge >= 0.3 is 0 Å². The fraction of sp³-hybridized carbons (Fsp3) is 0.533. The Kier molecular flexibility index (Phi) is 4.84. The van der Waals surface area contributed by atoms with Gasteiger partial charge in [0.25, 0.3) is 5.91 Å². The second-order valence-electron chi connectivity index (χ2n) is 5.25. The van der Waals surface area contributed by atoms with Crippen LogP contribution < -0.4 is 15.8 Å². The number of amides is 1. The molecule has 1 amide bonds. The van der Waals surface area contributed by atoms with Crippen LogP contribution in [0.1, 0.15) is 29.6 Å². The number of nitrogens with one attached hydrogen (secondary N) is 1. The molecule has 0 bridgehead atoms. The van der Waals surface area contributed by atoms with Crippen LogP contribution in [0.3, 0.4) is 0 Å². The third-order valence-electron chi connectivity index (χ3n) is 3.86. The van der Waals surface area contributed by atoms with Crippen LogP contribution in [0.25, 0.3) is 0 Å². The zero-order valence-corrected chi connectivity index (χ0v) is 12.2. The van der Waals surface area contributed by atoms with Crippen LogP contribution in [0.15, 0.2) is 18.2 Å². The van der Waals surface area contributed by atoms with Gasteiger partial charge in [-0.1, -0.05) is 0 Å². The van der Waals surface area contributed by atoms with E-state index in [-0.39, 0.29) is 5.91 Å². The zero-order valence-electron chi connectivity index (χ0n) is 12.2. The second kappa shape index (κ2) is 6.61. The number of carbonyl (C=O) groups excluding carboxylic acids is 1. The number of hydrogen-bond acceptors (Lipinski definition) is 4. The van der Waals surface area contributed by atoms with Gasteiger partial charge < -0.3 is 20.7 Å². The fourth-order valence-corrected chi connectivity index (χ4v) is 2.63. The minimum Gasteiger partial charge on any atom is -0.493 e. The summed E-state index contributed by atoms with van der Waals surface area (Å²) < 4.78 is 5.78. The van der Waals surface area contributed by atoms with Gasteiger partial charge in [0.05, 0.1) is 12.2 Å². The quantitative estimate of drug-likeness (QED) is 0.800. The van der Waals surface area contributed by atoms with Crippen LogP contribution in [-0.4, -0.2) is 44.1 Å². The van der Waals surface area contributed by atoms with Gasteiger partial charge in [0, 0.05) is 24.8 Å². The zero-order chi connectivity index (χ0) is 14.5. The first kappa shape index (κ1) is 14.7. The van der Waals surface area contributed by atoms with Gasteiger partial charge in [-0.15, -0.1) is 0 Å². The summed E-state index contributed by atoms with van der Waals surface area (Å²) in [7, 11) is 3.75. The molecule has 1 saturated heterocycles. The van der Waals surface area contributed by atoms with Gasteiger partial charge in [0.2, 0.25) is 0 Å². The van der Waals surface area contributed by atoms with E-state index in [1.807, 2.05) is 0 Å².